The summed E-state index contributed by atoms with van der Waals surface area (Å²) in [5.41, 5.74) is -0.955. The van der Waals surface area contributed by atoms with Crippen LogP contribution in [-0.2, 0) is 9.59 Å². The molecule has 0 unspecified atom stereocenters. The smallest absolute Gasteiger partial charge is 0.201 e. The molecular formula is C12H10N2O2. The fourth-order valence-corrected chi connectivity index (χ4v) is 1.41. The highest BCUT2D eigenvalue weighted by Gasteiger charge is 2.34. The molecule has 0 saturated carbocycles. The number of carbonyl (C=O) groups is 2. The Morgan fingerprint density at radius 2 is 1.56 bits per heavy atom. The molecule has 0 spiro atoms. The van der Waals surface area contributed by atoms with Crippen molar-refractivity contribution in [3.63, 3.8) is 0 Å². The molecule has 0 heterocycles. The molecule has 1 rings (SSSR count). The van der Waals surface area contributed by atoms with Crippen LogP contribution in [0.5, 0.6) is 0 Å². The van der Waals surface area contributed by atoms with Gasteiger partial charge in [0.1, 0.15) is 23.3 Å². The average molecular weight is 214 g/mol. The van der Waals surface area contributed by atoms with Crippen LogP contribution >= 0.6 is 0 Å². The topological polar surface area (TPSA) is 81.7 Å². The zero-order chi connectivity index (χ0) is 12.5. The predicted octanol–water partition coefficient (Wildman–Crippen LogP) is 1.45. The third-order valence-electron chi connectivity index (χ3n) is 2.28. The first-order chi connectivity index (χ1) is 7.32. The third kappa shape index (κ3) is 1.78. The number of nitrogens with zero attached hydrogens (tertiary/aromatic N) is 2. The fraction of sp³-hybridized carbons (Fsp3) is 0.333. The van der Waals surface area contributed by atoms with Crippen LogP contribution in [0.25, 0.3) is 0 Å². The normalized spacial score (nSPS) is 16.7. The minimum Gasteiger partial charge on any atom is -0.288 e. The molecule has 16 heavy (non-hydrogen) atoms. The molecule has 0 saturated heterocycles. The van der Waals surface area contributed by atoms with Crippen LogP contribution in [0, 0.1) is 28.1 Å². The summed E-state index contributed by atoms with van der Waals surface area (Å²) < 4.78 is 0. The van der Waals surface area contributed by atoms with Crippen molar-refractivity contribution >= 4 is 11.6 Å². The summed E-state index contributed by atoms with van der Waals surface area (Å²) in [6, 6.07) is 3.23. The molecule has 0 aromatic rings. The molecule has 0 bridgehead atoms. The van der Waals surface area contributed by atoms with E-state index in [0.717, 1.165) is 6.08 Å². The molecule has 0 amide bonds. The van der Waals surface area contributed by atoms with E-state index in [9.17, 15) is 9.59 Å². The zero-order valence-electron chi connectivity index (χ0n) is 9.29. The Labute approximate surface area is 93.5 Å². The number of rotatable bonds is 0. The highest BCUT2D eigenvalue weighted by atomic mass is 16.1. The van der Waals surface area contributed by atoms with Gasteiger partial charge in [-0.15, -0.1) is 0 Å². The summed E-state index contributed by atoms with van der Waals surface area (Å²) in [6.45, 7) is 5.32. The highest BCUT2D eigenvalue weighted by molar-refractivity contribution is 6.26. The molecule has 80 valence electrons. The largest absolute Gasteiger partial charge is 0.288 e. The summed E-state index contributed by atoms with van der Waals surface area (Å²) in [5, 5.41) is 17.5. The molecule has 0 atom stereocenters. The van der Waals surface area contributed by atoms with E-state index in [1.165, 1.54) is 0 Å². The van der Waals surface area contributed by atoms with E-state index in [1.54, 1.807) is 32.9 Å². The summed E-state index contributed by atoms with van der Waals surface area (Å²) in [7, 11) is 0. The Hall–Kier alpha value is -2.20. The first-order valence-electron chi connectivity index (χ1n) is 4.68. The van der Waals surface area contributed by atoms with Gasteiger partial charge in [0.05, 0.1) is 0 Å². The molecule has 0 aliphatic heterocycles. The lowest BCUT2D eigenvalue weighted by Gasteiger charge is -2.23. The lowest BCUT2D eigenvalue weighted by Crippen LogP contribution is -2.26. The van der Waals surface area contributed by atoms with Gasteiger partial charge >= 0.3 is 0 Å². The van der Waals surface area contributed by atoms with E-state index >= 15 is 0 Å². The van der Waals surface area contributed by atoms with Gasteiger partial charge in [-0.3, -0.25) is 9.59 Å². The monoisotopic (exact) mass is 214 g/mol. The minimum absolute atomic E-state index is 0.271. The Kier molecular flexibility index (Phi) is 2.78. The predicted molar refractivity (Wildman–Crippen MR) is 55.8 cm³/mol. The van der Waals surface area contributed by atoms with Gasteiger partial charge in [0.15, 0.2) is 5.78 Å². The molecule has 4 nitrogen and oxygen atoms in total. The maximum Gasteiger partial charge on any atom is 0.201 e. The van der Waals surface area contributed by atoms with Crippen molar-refractivity contribution < 1.29 is 9.59 Å². The maximum absolute atomic E-state index is 11.9. The van der Waals surface area contributed by atoms with Crippen molar-refractivity contribution in [2.75, 3.05) is 0 Å². The Morgan fingerprint density at radius 1 is 1.06 bits per heavy atom. The van der Waals surface area contributed by atoms with Crippen LogP contribution < -0.4 is 0 Å². The number of Topliss-reactive ketones (excluding diaryl/α,β-unsaturated/α-hetero) is 1. The van der Waals surface area contributed by atoms with Crippen molar-refractivity contribution in [1.29, 1.82) is 10.5 Å². The van der Waals surface area contributed by atoms with Gasteiger partial charge in [-0.2, -0.15) is 10.5 Å². The molecule has 0 aromatic carbocycles. The van der Waals surface area contributed by atoms with E-state index in [2.05, 4.69) is 0 Å². The number of carbonyl (C=O) groups excluding carboxylic acids is 2. The number of hydrogen-bond acceptors (Lipinski definition) is 4. The second-order valence-electron chi connectivity index (χ2n) is 4.47. The fourth-order valence-electron chi connectivity index (χ4n) is 1.41. The molecule has 1 aliphatic rings. The Balaban J connectivity index is 3.42. The van der Waals surface area contributed by atoms with Gasteiger partial charge in [0.2, 0.25) is 5.78 Å². The van der Waals surface area contributed by atoms with Crippen LogP contribution in [0.2, 0.25) is 0 Å². The van der Waals surface area contributed by atoms with E-state index < -0.39 is 17.0 Å². The molecule has 0 fully saturated rings. The van der Waals surface area contributed by atoms with Crippen LogP contribution in [-0.4, -0.2) is 11.6 Å². The third-order valence-corrected chi connectivity index (χ3v) is 2.28. The molecule has 0 radical (unpaired) electrons. The average Bonchev–Trinajstić information content (AvgIpc) is 2.18. The Bertz CT molecular complexity index is 517. The van der Waals surface area contributed by atoms with Crippen molar-refractivity contribution in [1.82, 2.24) is 0 Å². The number of nitriles is 2. The van der Waals surface area contributed by atoms with Crippen molar-refractivity contribution in [2.45, 2.75) is 20.8 Å². The highest BCUT2D eigenvalue weighted by Crippen LogP contribution is 2.31. The summed E-state index contributed by atoms with van der Waals surface area (Å²) >= 11 is 0. The van der Waals surface area contributed by atoms with E-state index in [4.69, 9.17) is 10.5 Å². The quantitative estimate of drug-likeness (QED) is 0.571. The van der Waals surface area contributed by atoms with Crippen molar-refractivity contribution in [2.24, 2.45) is 5.41 Å². The van der Waals surface area contributed by atoms with Gasteiger partial charge in [-0.25, -0.2) is 0 Å². The molecule has 4 heteroatoms. The van der Waals surface area contributed by atoms with Gasteiger partial charge in [0, 0.05) is 5.57 Å². The first kappa shape index (κ1) is 11.9. The van der Waals surface area contributed by atoms with Crippen molar-refractivity contribution in [3.8, 4) is 12.1 Å². The van der Waals surface area contributed by atoms with E-state index in [1.807, 2.05) is 0 Å². The van der Waals surface area contributed by atoms with Gasteiger partial charge < -0.3 is 0 Å². The molecule has 0 aromatic heterocycles. The van der Waals surface area contributed by atoms with Crippen molar-refractivity contribution in [3.05, 3.63) is 22.8 Å². The summed E-state index contributed by atoms with van der Waals surface area (Å²) in [6.07, 6.45) is 1.15. The molecular weight excluding hydrogens is 204 g/mol. The van der Waals surface area contributed by atoms with Crippen LogP contribution in [0.3, 0.4) is 0 Å². The van der Waals surface area contributed by atoms with Crippen LogP contribution in [0.4, 0.5) is 0 Å². The first-order valence-corrected chi connectivity index (χ1v) is 4.68. The molecule has 1 aliphatic carbocycles. The van der Waals surface area contributed by atoms with E-state index in [-0.39, 0.29) is 16.7 Å². The summed E-state index contributed by atoms with van der Waals surface area (Å²) in [4.78, 5) is 23.4. The minimum atomic E-state index is -0.566. The van der Waals surface area contributed by atoms with Gasteiger partial charge in [0.25, 0.3) is 0 Å². The van der Waals surface area contributed by atoms with Gasteiger partial charge in [-0.1, -0.05) is 20.8 Å². The Morgan fingerprint density at radius 3 is 1.94 bits per heavy atom. The number of ketones is 2. The SMILES string of the molecule is CC(C)(C)C1=CC(=O)C(C#N)=C(C#N)C1=O. The van der Waals surface area contributed by atoms with Gasteiger partial charge in [-0.05, 0) is 11.5 Å². The lowest BCUT2D eigenvalue weighted by molar-refractivity contribution is -0.116. The van der Waals surface area contributed by atoms with Crippen LogP contribution in [0.1, 0.15) is 20.8 Å². The maximum atomic E-state index is 11.9. The summed E-state index contributed by atoms with van der Waals surface area (Å²) in [5.74, 6) is -1.09. The standard InChI is InChI=1S/C12H10N2O2/c1-12(2,3)9-4-10(15)7(5-13)8(6-14)11(9)16/h4H,1-3H3. The number of hydrogen-bond donors (Lipinski definition) is 0. The second kappa shape index (κ2) is 3.75. The molecule has 0 N–H and O–H groups in total. The van der Waals surface area contributed by atoms with E-state index in [0.29, 0.717) is 0 Å². The second-order valence-corrected chi connectivity index (χ2v) is 4.47. The lowest BCUT2D eigenvalue weighted by atomic mass is 9.77. The zero-order valence-corrected chi connectivity index (χ0v) is 9.29. The number of allylic oxidation sites excluding steroid dienone is 4. The van der Waals surface area contributed by atoms with Crippen LogP contribution in [0.15, 0.2) is 22.8 Å².